The summed E-state index contributed by atoms with van der Waals surface area (Å²) in [5.41, 5.74) is 0. The highest BCUT2D eigenvalue weighted by Crippen LogP contribution is 2.19. The van der Waals surface area contributed by atoms with Gasteiger partial charge in [0.2, 0.25) is 0 Å². The molecule has 0 spiro atoms. The molecule has 0 aliphatic rings. The van der Waals surface area contributed by atoms with E-state index >= 15 is 0 Å². The number of esters is 1. The van der Waals surface area contributed by atoms with Crippen LogP contribution in [-0.4, -0.2) is 19.2 Å². The lowest BCUT2D eigenvalue weighted by molar-refractivity contribution is -0.141. The number of ether oxygens (including phenoxy) is 3. The molecule has 110 valence electrons. The third kappa shape index (κ3) is 4.39. The second-order valence-corrected chi connectivity index (χ2v) is 4.75. The lowest BCUT2D eigenvalue weighted by Gasteiger charge is -2.14. The fourth-order valence-corrected chi connectivity index (χ4v) is 1.73. The van der Waals surface area contributed by atoms with E-state index in [1.165, 1.54) is 0 Å². The molecule has 2 aromatic rings. The van der Waals surface area contributed by atoms with Gasteiger partial charge in [0.15, 0.2) is 6.10 Å². The van der Waals surface area contributed by atoms with Crippen molar-refractivity contribution in [1.82, 2.24) is 0 Å². The molecular weight excluding hydrogens is 292 g/mol. The quantitative estimate of drug-likeness (QED) is 0.624. The zero-order valence-electron chi connectivity index (χ0n) is 11.7. The van der Waals surface area contributed by atoms with Gasteiger partial charge < -0.3 is 14.2 Å². The molecule has 5 heteroatoms. The Hall–Kier alpha value is -2.20. The number of rotatable bonds is 5. The van der Waals surface area contributed by atoms with E-state index in [4.69, 9.17) is 25.8 Å². The average molecular weight is 307 g/mol. The molecule has 0 radical (unpaired) electrons. The molecule has 2 aromatic carbocycles. The minimum atomic E-state index is -0.728. The summed E-state index contributed by atoms with van der Waals surface area (Å²) in [5, 5.41) is 0.607. The zero-order valence-corrected chi connectivity index (χ0v) is 12.5. The van der Waals surface area contributed by atoms with Crippen molar-refractivity contribution < 1.29 is 19.0 Å². The fourth-order valence-electron chi connectivity index (χ4n) is 1.61. The number of benzene rings is 2. The molecule has 0 aliphatic carbocycles. The predicted molar refractivity (Wildman–Crippen MR) is 80.2 cm³/mol. The maximum atomic E-state index is 11.9. The summed E-state index contributed by atoms with van der Waals surface area (Å²) < 4.78 is 15.8. The van der Waals surface area contributed by atoms with Gasteiger partial charge in [-0.3, -0.25) is 0 Å². The Balaban J connectivity index is 1.93. The van der Waals surface area contributed by atoms with Crippen LogP contribution in [0.3, 0.4) is 0 Å². The minimum Gasteiger partial charge on any atom is -0.497 e. The Morgan fingerprint density at radius 2 is 1.48 bits per heavy atom. The molecule has 0 fully saturated rings. The van der Waals surface area contributed by atoms with Crippen molar-refractivity contribution >= 4 is 17.6 Å². The number of methoxy groups -OCH3 is 1. The van der Waals surface area contributed by atoms with Gasteiger partial charge in [-0.15, -0.1) is 0 Å². The van der Waals surface area contributed by atoms with Crippen LogP contribution in [0.15, 0.2) is 48.5 Å². The third-order valence-corrected chi connectivity index (χ3v) is 2.99. The Labute approximate surface area is 128 Å². The Morgan fingerprint density at radius 1 is 0.952 bits per heavy atom. The molecule has 0 heterocycles. The van der Waals surface area contributed by atoms with Crippen LogP contribution in [0.25, 0.3) is 0 Å². The molecule has 0 aliphatic heterocycles. The smallest absolute Gasteiger partial charge is 0.352 e. The van der Waals surface area contributed by atoms with Crippen molar-refractivity contribution in [2.75, 3.05) is 7.11 Å². The van der Waals surface area contributed by atoms with E-state index in [1.54, 1.807) is 62.6 Å². The van der Waals surface area contributed by atoms with Gasteiger partial charge in [-0.25, -0.2) is 4.79 Å². The van der Waals surface area contributed by atoms with Gasteiger partial charge in [-0.2, -0.15) is 0 Å². The summed E-state index contributed by atoms with van der Waals surface area (Å²) >= 11 is 5.79. The fraction of sp³-hybridized carbons (Fsp3) is 0.188. The number of carbonyl (C=O) groups is 1. The van der Waals surface area contributed by atoms with Crippen molar-refractivity contribution in [3.63, 3.8) is 0 Å². The molecule has 0 aromatic heterocycles. The first kappa shape index (κ1) is 15.2. The van der Waals surface area contributed by atoms with E-state index in [1.807, 2.05) is 0 Å². The first-order valence-corrected chi connectivity index (χ1v) is 6.74. The standard InChI is InChI=1S/C16H15ClO4/c1-11(20-14-5-3-12(17)4-6-14)16(18)21-15-9-7-13(19-2)8-10-15/h3-11H,1-2H3/t11-/m0/s1. The Kier molecular flexibility index (Phi) is 5.06. The van der Waals surface area contributed by atoms with E-state index < -0.39 is 12.1 Å². The van der Waals surface area contributed by atoms with Crippen LogP contribution in [-0.2, 0) is 4.79 Å². The highest BCUT2D eigenvalue weighted by Gasteiger charge is 2.17. The first-order valence-electron chi connectivity index (χ1n) is 6.36. The minimum absolute atomic E-state index is 0.437. The van der Waals surface area contributed by atoms with Gasteiger partial charge in [0, 0.05) is 5.02 Å². The van der Waals surface area contributed by atoms with Gasteiger partial charge in [-0.1, -0.05) is 11.6 Å². The zero-order chi connectivity index (χ0) is 15.2. The molecule has 4 nitrogen and oxygen atoms in total. The van der Waals surface area contributed by atoms with Crippen LogP contribution < -0.4 is 14.2 Å². The van der Waals surface area contributed by atoms with Gasteiger partial charge in [0.25, 0.3) is 0 Å². The lowest BCUT2D eigenvalue weighted by Crippen LogP contribution is -2.28. The van der Waals surface area contributed by atoms with Crippen molar-refractivity contribution in [3.8, 4) is 17.2 Å². The lowest BCUT2D eigenvalue weighted by atomic mass is 10.3. The summed E-state index contributed by atoms with van der Waals surface area (Å²) in [6.45, 7) is 1.63. The number of halogens is 1. The molecule has 0 bridgehead atoms. The second-order valence-electron chi connectivity index (χ2n) is 4.31. The number of hydrogen-bond acceptors (Lipinski definition) is 4. The van der Waals surface area contributed by atoms with Crippen molar-refractivity contribution in [2.24, 2.45) is 0 Å². The summed E-state index contributed by atoms with van der Waals surface area (Å²) in [5.74, 6) is 1.21. The van der Waals surface area contributed by atoms with Crippen LogP contribution in [0.1, 0.15) is 6.92 Å². The predicted octanol–water partition coefficient (Wildman–Crippen LogP) is 3.72. The van der Waals surface area contributed by atoms with Gasteiger partial charge in [0.05, 0.1) is 7.11 Å². The molecule has 0 saturated carbocycles. The van der Waals surface area contributed by atoms with Crippen LogP contribution >= 0.6 is 11.6 Å². The maximum Gasteiger partial charge on any atom is 0.352 e. The Morgan fingerprint density at radius 3 is 2.05 bits per heavy atom. The van der Waals surface area contributed by atoms with Crippen molar-refractivity contribution in [1.29, 1.82) is 0 Å². The average Bonchev–Trinajstić information content (AvgIpc) is 2.50. The molecule has 0 saturated heterocycles. The summed E-state index contributed by atoms with van der Waals surface area (Å²) in [6, 6.07) is 13.5. The monoisotopic (exact) mass is 306 g/mol. The van der Waals surface area contributed by atoms with Crippen molar-refractivity contribution in [3.05, 3.63) is 53.6 Å². The van der Waals surface area contributed by atoms with Crippen molar-refractivity contribution in [2.45, 2.75) is 13.0 Å². The Bertz CT molecular complexity index is 593. The molecule has 0 N–H and O–H groups in total. The van der Waals surface area contributed by atoms with E-state index in [0.29, 0.717) is 22.3 Å². The second kappa shape index (κ2) is 6.99. The van der Waals surface area contributed by atoms with E-state index in [0.717, 1.165) is 0 Å². The molecular formula is C16H15ClO4. The normalized spacial score (nSPS) is 11.6. The molecule has 21 heavy (non-hydrogen) atoms. The topological polar surface area (TPSA) is 44.8 Å². The summed E-state index contributed by atoms with van der Waals surface area (Å²) in [6.07, 6.45) is -0.728. The molecule has 0 unspecified atom stereocenters. The van der Waals surface area contributed by atoms with E-state index in [-0.39, 0.29) is 0 Å². The summed E-state index contributed by atoms with van der Waals surface area (Å²) in [4.78, 5) is 11.9. The third-order valence-electron chi connectivity index (χ3n) is 2.74. The largest absolute Gasteiger partial charge is 0.497 e. The molecule has 2 rings (SSSR count). The van der Waals surface area contributed by atoms with Crippen LogP contribution in [0, 0.1) is 0 Å². The maximum absolute atomic E-state index is 11.9. The van der Waals surface area contributed by atoms with Crippen LogP contribution in [0.4, 0.5) is 0 Å². The highest BCUT2D eigenvalue weighted by molar-refractivity contribution is 6.30. The summed E-state index contributed by atoms with van der Waals surface area (Å²) in [7, 11) is 1.57. The number of carbonyl (C=O) groups excluding carboxylic acids is 1. The van der Waals surface area contributed by atoms with Crippen LogP contribution in [0.5, 0.6) is 17.2 Å². The first-order chi connectivity index (χ1) is 10.1. The van der Waals surface area contributed by atoms with E-state index in [2.05, 4.69) is 0 Å². The molecule has 1 atom stereocenters. The highest BCUT2D eigenvalue weighted by atomic mass is 35.5. The van der Waals surface area contributed by atoms with Gasteiger partial charge >= 0.3 is 5.97 Å². The van der Waals surface area contributed by atoms with Crippen LogP contribution in [0.2, 0.25) is 5.02 Å². The van der Waals surface area contributed by atoms with Gasteiger partial charge in [-0.05, 0) is 55.5 Å². The van der Waals surface area contributed by atoms with Gasteiger partial charge in [0.1, 0.15) is 17.2 Å². The number of hydrogen-bond donors (Lipinski definition) is 0. The molecule has 0 amide bonds. The SMILES string of the molecule is COc1ccc(OC(=O)[C@H](C)Oc2ccc(Cl)cc2)cc1. The van der Waals surface area contributed by atoms with E-state index in [9.17, 15) is 4.79 Å².